The van der Waals surface area contributed by atoms with Crippen molar-refractivity contribution in [3.63, 3.8) is 0 Å². The van der Waals surface area contributed by atoms with Crippen molar-refractivity contribution in [1.29, 1.82) is 0 Å². The van der Waals surface area contributed by atoms with E-state index in [9.17, 15) is 64.5 Å². The lowest BCUT2D eigenvalue weighted by Crippen LogP contribution is -2.50. The second-order valence-corrected chi connectivity index (χ2v) is 10.6. The molecule has 0 aliphatic carbocycles. The molecule has 0 rings (SSSR count). The van der Waals surface area contributed by atoms with Gasteiger partial charge >= 0.3 is 17.9 Å². The van der Waals surface area contributed by atoms with Gasteiger partial charge in [-0.2, -0.15) is 0 Å². The van der Waals surface area contributed by atoms with E-state index in [1.807, 2.05) is 0 Å². The third-order valence-electron chi connectivity index (χ3n) is 5.70. The van der Waals surface area contributed by atoms with Crippen molar-refractivity contribution in [2.24, 2.45) is 17.2 Å². The smallest absolute Gasteiger partial charge is 0.305 e. The van der Waals surface area contributed by atoms with Crippen molar-refractivity contribution in [1.82, 2.24) is 5.32 Å². The Hall–Kier alpha value is -3.54. The number of hydrogen-bond donors (Lipinski definition) is 12. The molecule has 8 atom stereocenters. The number of amides is 3. The molecule has 0 aliphatic rings. The minimum atomic E-state index is -1.74. The van der Waals surface area contributed by atoms with Crippen LogP contribution in [0.15, 0.2) is 0 Å². The summed E-state index contributed by atoms with van der Waals surface area (Å²) in [6.45, 7) is 3.34. The summed E-state index contributed by atoms with van der Waals surface area (Å²) in [5.74, 6) is -2.53. The number of aliphatic hydroxyl groups excluding tert-OH is 8. The van der Waals surface area contributed by atoms with Crippen LogP contribution in [-0.4, -0.2) is 159 Å². The van der Waals surface area contributed by atoms with E-state index in [2.05, 4.69) is 31.0 Å². The normalized spacial score (nSPS) is 14.7. The predicted molar refractivity (Wildman–Crippen MR) is 180 cm³/mol. The number of carbonyl (C=O) groups is 6. The van der Waals surface area contributed by atoms with E-state index in [4.69, 9.17) is 10.8 Å². The number of nitrogens with two attached hydrogens (primary N) is 3. The van der Waals surface area contributed by atoms with Crippen molar-refractivity contribution in [2.45, 2.75) is 122 Å². The molecule has 0 saturated heterocycles. The monoisotopic (exact) mass is 750 g/mol. The Labute approximate surface area is 298 Å². The molecule has 0 aliphatic heterocycles. The molecular formula is C30H62N4O17. The molecule has 15 N–H and O–H groups in total. The van der Waals surface area contributed by atoms with Crippen LogP contribution in [0.1, 0.15) is 73.6 Å². The summed E-state index contributed by atoms with van der Waals surface area (Å²) in [6, 6.07) is 0. The zero-order valence-electron chi connectivity index (χ0n) is 29.2. The van der Waals surface area contributed by atoms with Crippen molar-refractivity contribution in [3.8, 4) is 0 Å². The van der Waals surface area contributed by atoms with Gasteiger partial charge in [-0.1, -0.05) is 20.3 Å². The van der Waals surface area contributed by atoms with Crippen molar-refractivity contribution in [3.05, 3.63) is 0 Å². The molecule has 21 nitrogen and oxygen atoms in total. The van der Waals surface area contributed by atoms with Gasteiger partial charge in [0.15, 0.2) is 0 Å². The van der Waals surface area contributed by atoms with Crippen LogP contribution in [-0.2, 0) is 43.0 Å². The summed E-state index contributed by atoms with van der Waals surface area (Å²) in [6.07, 6.45) is -9.15. The molecule has 0 radical (unpaired) electrons. The SMILES string of the molecule is C.CC(=O)OCC(O)C(O)C(O)C(O)CN.CC(N)=O.CC(N)=O.COC(=O)CCCCCCC(=O)NCC(O)C(O)C(O)C(O)COC(C)=O. The third-order valence-corrected chi connectivity index (χ3v) is 5.70. The first-order chi connectivity index (χ1) is 23.0. The van der Waals surface area contributed by atoms with Crippen LogP contribution in [0.4, 0.5) is 0 Å². The molecule has 0 fully saturated rings. The Morgan fingerprint density at radius 1 is 0.588 bits per heavy atom. The van der Waals surface area contributed by atoms with Crippen molar-refractivity contribution < 1.29 is 83.8 Å². The van der Waals surface area contributed by atoms with E-state index in [1.54, 1.807) is 0 Å². The lowest BCUT2D eigenvalue weighted by atomic mass is 10.0. The molecule has 0 bridgehead atoms. The summed E-state index contributed by atoms with van der Waals surface area (Å²) in [5, 5.41) is 78.2. The minimum absolute atomic E-state index is 0. The number of esters is 3. The maximum atomic E-state index is 11.7. The van der Waals surface area contributed by atoms with Crippen LogP contribution in [0.2, 0.25) is 0 Å². The molecule has 0 aromatic heterocycles. The fraction of sp³-hybridized carbons (Fsp3) is 0.800. The number of methoxy groups -OCH3 is 1. The highest BCUT2D eigenvalue weighted by molar-refractivity contribution is 5.75. The van der Waals surface area contributed by atoms with Gasteiger partial charge in [0.25, 0.3) is 0 Å². The highest BCUT2D eigenvalue weighted by Crippen LogP contribution is 2.08. The Morgan fingerprint density at radius 2 is 0.922 bits per heavy atom. The Balaban J connectivity index is -0.000000245. The average molecular weight is 751 g/mol. The molecule has 51 heavy (non-hydrogen) atoms. The summed E-state index contributed by atoms with van der Waals surface area (Å²) >= 11 is 0. The zero-order chi connectivity index (χ0) is 40.0. The van der Waals surface area contributed by atoms with Gasteiger partial charge in [-0.15, -0.1) is 0 Å². The summed E-state index contributed by atoms with van der Waals surface area (Å²) in [4.78, 5) is 62.1. The minimum Gasteiger partial charge on any atom is -0.469 e. The van der Waals surface area contributed by atoms with E-state index in [0.29, 0.717) is 19.3 Å². The van der Waals surface area contributed by atoms with E-state index in [1.165, 1.54) is 21.0 Å². The number of rotatable bonds is 20. The first-order valence-electron chi connectivity index (χ1n) is 15.3. The van der Waals surface area contributed by atoms with Gasteiger partial charge in [0.05, 0.1) is 19.3 Å². The van der Waals surface area contributed by atoms with E-state index < -0.39 is 74.0 Å². The van der Waals surface area contributed by atoms with Crippen LogP contribution in [0.3, 0.4) is 0 Å². The fourth-order valence-electron chi connectivity index (χ4n) is 3.09. The predicted octanol–water partition coefficient (Wildman–Crippen LogP) is -4.81. The molecule has 304 valence electrons. The molecular weight excluding hydrogens is 688 g/mol. The first kappa shape index (κ1) is 56.8. The second kappa shape index (κ2) is 34.9. The number of aliphatic hydroxyl groups is 8. The van der Waals surface area contributed by atoms with Crippen molar-refractivity contribution in [2.75, 3.05) is 33.4 Å². The van der Waals surface area contributed by atoms with Gasteiger partial charge in [0, 0.05) is 53.6 Å². The van der Waals surface area contributed by atoms with E-state index in [-0.39, 0.29) is 50.6 Å². The maximum Gasteiger partial charge on any atom is 0.305 e. The highest BCUT2D eigenvalue weighted by atomic mass is 16.5. The van der Waals surface area contributed by atoms with Crippen molar-refractivity contribution >= 4 is 35.6 Å². The van der Waals surface area contributed by atoms with E-state index in [0.717, 1.165) is 26.7 Å². The topological polar surface area (TPSA) is 382 Å². The molecule has 3 amide bonds. The highest BCUT2D eigenvalue weighted by Gasteiger charge is 2.31. The van der Waals surface area contributed by atoms with Crippen LogP contribution >= 0.6 is 0 Å². The number of hydrogen-bond acceptors (Lipinski definition) is 18. The second-order valence-electron chi connectivity index (χ2n) is 10.6. The molecule has 0 aromatic carbocycles. The largest absolute Gasteiger partial charge is 0.469 e. The van der Waals surface area contributed by atoms with E-state index >= 15 is 0 Å². The molecule has 0 spiro atoms. The van der Waals surface area contributed by atoms with Gasteiger partial charge in [-0.25, -0.2) is 0 Å². The summed E-state index contributed by atoms with van der Waals surface area (Å²) in [5.41, 5.74) is 14.0. The summed E-state index contributed by atoms with van der Waals surface area (Å²) in [7, 11) is 1.33. The average Bonchev–Trinajstić information content (AvgIpc) is 3.04. The molecule has 8 unspecified atom stereocenters. The molecule has 21 heteroatoms. The number of ether oxygens (including phenoxy) is 3. The fourth-order valence-corrected chi connectivity index (χ4v) is 3.09. The van der Waals surface area contributed by atoms with Gasteiger partial charge in [0.1, 0.15) is 49.8 Å². The number of unbranched alkanes of at least 4 members (excludes halogenated alkanes) is 3. The lowest BCUT2D eigenvalue weighted by Gasteiger charge is -2.26. The van der Waals surface area contributed by atoms with Crippen LogP contribution in [0.25, 0.3) is 0 Å². The standard InChI is InChI=1S/C17H31NO9.C8H17NO6.2C2H5NO.CH4/c1-11(19)27-10-13(21)17(25)16(24)12(20)9-18-14(22)7-5-3-4-6-8-15(23)26-2;1-4(10)15-3-6(12)8(14)7(13)5(11)2-9;2*1-2(3)4;/h12-13,16-17,20-21,24-25H,3-10H2,1-2H3,(H,18,22);5-8,11-14H,2-3,9H2,1H3;2*1H3,(H2,3,4);1H4. The Kier molecular flexibility index (Phi) is 38.9. The molecule has 0 aromatic rings. The first-order valence-corrected chi connectivity index (χ1v) is 15.3. The van der Waals surface area contributed by atoms with Crippen LogP contribution < -0.4 is 22.5 Å². The quantitative estimate of drug-likeness (QED) is 0.0315. The number of primary amides is 2. The number of nitrogens with one attached hydrogen (secondary N) is 1. The summed E-state index contributed by atoms with van der Waals surface area (Å²) < 4.78 is 13.4. The van der Waals surface area contributed by atoms with Gasteiger partial charge in [0.2, 0.25) is 17.7 Å². The maximum absolute atomic E-state index is 11.7. The molecule has 0 heterocycles. The zero-order valence-corrected chi connectivity index (χ0v) is 29.2. The van der Waals surface area contributed by atoms with Gasteiger partial charge in [-0.3, -0.25) is 28.8 Å². The van der Waals surface area contributed by atoms with Crippen LogP contribution in [0.5, 0.6) is 0 Å². The number of carbonyl (C=O) groups excluding carboxylic acids is 6. The third kappa shape index (κ3) is 39.1. The van der Waals surface area contributed by atoms with Crippen LogP contribution in [0, 0.1) is 0 Å². The van der Waals surface area contributed by atoms with Gasteiger partial charge in [-0.05, 0) is 12.8 Å². The Bertz CT molecular complexity index is 940. The Morgan fingerprint density at radius 3 is 1.25 bits per heavy atom. The molecule has 0 saturated carbocycles. The lowest BCUT2D eigenvalue weighted by molar-refractivity contribution is -0.153. The van der Waals surface area contributed by atoms with Gasteiger partial charge < -0.3 is 77.6 Å².